The number of aliphatic hydroxyl groups excluding tert-OH is 3. The first kappa shape index (κ1) is 48.4. The van der Waals surface area contributed by atoms with Crippen LogP contribution >= 0.6 is 0 Å². The van der Waals surface area contributed by atoms with E-state index in [1.54, 1.807) is 0 Å². The van der Waals surface area contributed by atoms with Crippen LogP contribution < -0.4 is 0 Å². The molecule has 12 nitrogen and oxygen atoms in total. The molecular formula is C39H72O12S. The topological polar surface area (TPSA) is 186 Å². The quantitative estimate of drug-likeness (QED) is 0.0230. The van der Waals surface area contributed by atoms with Crippen LogP contribution in [0.25, 0.3) is 0 Å². The van der Waals surface area contributed by atoms with Crippen molar-refractivity contribution < 1.29 is 56.8 Å². The molecule has 1 aliphatic heterocycles. The number of carbonyl (C=O) groups is 2. The lowest BCUT2D eigenvalue weighted by Crippen LogP contribution is -2.60. The van der Waals surface area contributed by atoms with Gasteiger partial charge >= 0.3 is 11.9 Å². The van der Waals surface area contributed by atoms with Crippen LogP contribution in [0.4, 0.5) is 0 Å². The van der Waals surface area contributed by atoms with Crippen molar-refractivity contribution in [1.82, 2.24) is 0 Å². The fourth-order valence-corrected chi connectivity index (χ4v) is 6.83. The zero-order chi connectivity index (χ0) is 38.5. The van der Waals surface area contributed by atoms with Crippen molar-refractivity contribution in [2.24, 2.45) is 0 Å². The van der Waals surface area contributed by atoms with Crippen LogP contribution in [0.2, 0.25) is 0 Å². The van der Waals surface area contributed by atoms with Crippen molar-refractivity contribution in [3.05, 3.63) is 12.2 Å². The van der Waals surface area contributed by atoms with Gasteiger partial charge in [0.05, 0.1) is 6.61 Å². The molecule has 0 aromatic heterocycles. The van der Waals surface area contributed by atoms with Gasteiger partial charge in [-0.05, 0) is 38.5 Å². The molecular weight excluding hydrogens is 692 g/mol. The van der Waals surface area contributed by atoms with E-state index in [-0.39, 0.29) is 19.4 Å². The van der Waals surface area contributed by atoms with E-state index in [0.717, 1.165) is 44.9 Å². The van der Waals surface area contributed by atoms with E-state index >= 15 is 0 Å². The minimum absolute atomic E-state index is 0.165. The average Bonchev–Trinajstić information content (AvgIpc) is 3.10. The summed E-state index contributed by atoms with van der Waals surface area (Å²) in [6.45, 7) is 3.71. The molecule has 0 bridgehead atoms. The summed E-state index contributed by atoms with van der Waals surface area (Å²) >= 11 is 0. The number of allylic oxidation sites excluding steroid dienone is 2. The van der Waals surface area contributed by atoms with Crippen LogP contribution in [-0.2, 0) is 38.7 Å². The molecule has 0 amide bonds. The maximum Gasteiger partial charge on any atom is 0.306 e. The number of esters is 2. The Morgan fingerprint density at radius 2 is 1.10 bits per heavy atom. The summed E-state index contributed by atoms with van der Waals surface area (Å²) < 4.78 is 53.8. The zero-order valence-electron chi connectivity index (χ0n) is 32.2. The second-order valence-electron chi connectivity index (χ2n) is 14.3. The first-order valence-electron chi connectivity index (χ1n) is 20.2. The smallest absolute Gasteiger partial charge is 0.306 e. The monoisotopic (exact) mass is 764 g/mol. The third-order valence-electron chi connectivity index (χ3n) is 9.35. The van der Waals surface area contributed by atoms with Crippen LogP contribution in [0.5, 0.6) is 0 Å². The molecule has 2 unspecified atom stereocenters. The van der Waals surface area contributed by atoms with Crippen molar-refractivity contribution in [2.45, 2.75) is 205 Å². The summed E-state index contributed by atoms with van der Waals surface area (Å²) in [6, 6.07) is 0. The molecule has 0 aromatic carbocycles. The van der Waals surface area contributed by atoms with E-state index in [9.17, 15) is 37.9 Å². The zero-order valence-corrected chi connectivity index (χ0v) is 33.0. The second kappa shape index (κ2) is 30.7. The first-order chi connectivity index (χ1) is 25.0. The van der Waals surface area contributed by atoms with Gasteiger partial charge in [0.2, 0.25) is 0 Å². The van der Waals surface area contributed by atoms with Crippen molar-refractivity contribution in [1.29, 1.82) is 0 Å². The number of ether oxygens (including phenoxy) is 4. The average molecular weight is 765 g/mol. The summed E-state index contributed by atoms with van der Waals surface area (Å²) in [5.74, 6) is -2.00. The summed E-state index contributed by atoms with van der Waals surface area (Å²) in [7, 11) is -4.59. The lowest BCUT2D eigenvalue weighted by atomic mass is 10.00. The van der Waals surface area contributed by atoms with Crippen LogP contribution in [0.15, 0.2) is 12.2 Å². The largest absolute Gasteiger partial charge is 0.462 e. The van der Waals surface area contributed by atoms with Crippen molar-refractivity contribution >= 4 is 22.1 Å². The fourth-order valence-electron chi connectivity index (χ4n) is 6.14. The SMILES string of the molecule is CCCCCCCC/C=C/CCCCCC(=O)OC[C@H](CO[C@H]1O[C@H](CS(=O)(=O)O)[C@@H](O)C(O)C1O)OC(=O)CCCCCCCCCCCCC. The molecule has 0 saturated carbocycles. The van der Waals surface area contributed by atoms with Gasteiger partial charge in [0.15, 0.2) is 12.4 Å². The normalized spacial score (nSPS) is 21.4. The fraction of sp³-hybridized carbons (Fsp3) is 0.897. The number of carbonyl (C=O) groups excluding carboxylic acids is 2. The lowest BCUT2D eigenvalue weighted by molar-refractivity contribution is -0.297. The highest BCUT2D eigenvalue weighted by atomic mass is 32.2. The summed E-state index contributed by atoms with van der Waals surface area (Å²) in [5, 5.41) is 30.7. The number of hydrogen-bond acceptors (Lipinski definition) is 11. The molecule has 0 spiro atoms. The Morgan fingerprint density at radius 1 is 0.635 bits per heavy atom. The van der Waals surface area contributed by atoms with E-state index in [1.807, 2.05) is 0 Å². The molecule has 6 atom stereocenters. The third-order valence-corrected chi connectivity index (χ3v) is 10.1. The highest BCUT2D eigenvalue weighted by Crippen LogP contribution is 2.24. The van der Waals surface area contributed by atoms with Crippen LogP contribution in [-0.4, -0.2) is 96.0 Å². The van der Waals surface area contributed by atoms with Crippen molar-refractivity contribution in [2.75, 3.05) is 19.0 Å². The van der Waals surface area contributed by atoms with Gasteiger partial charge in [-0.15, -0.1) is 0 Å². The number of rotatable bonds is 33. The molecule has 0 radical (unpaired) electrons. The second-order valence-corrected chi connectivity index (χ2v) is 15.8. The summed E-state index contributed by atoms with van der Waals surface area (Å²) in [6.07, 6.45) is 19.9. The molecule has 306 valence electrons. The van der Waals surface area contributed by atoms with Crippen molar-refractivity contribution in [3.8, 4) is 0 Å². The Bertz CT molecular complexity index is 1040. The molecule has 1 saturated heterocycles. The van der Waals surface area contributed by atoms with Gasteiger partial charge in [-0.1, -0.05) is 129 Å². The highest BCUT2D eigenvalue weighted by Gasteiger charge is 2.46. The Hall–Kier alpha value is -1.61. The maximum absolute atomic E-state index is 12.7. The summed E-state index contributed by atoms with van der Waals surface area (Å²) in [5.41, 5.74) is 0. The minimum Gasteiger partial charge on any atom is -0.462 e. The van der Waals surface area contributed by atoms with Gasteiger partial charge in [-0.2, -0.15) is 8.42 Å². The third kappa shape index (κ3) is 25.4. The molecule has 52 heavy (non-hydrogen) atoms. The van der Waals surface area contributed by atoms with E-state index in [1.165, 1.54) is 83.5 Å². The van der Waals surface area contributed by atoms with E-state index < -0.39 is 71.2 Å². The molecule has 1 heterocycles. The Labute approximate surface area is 314 Å². The van der Waals surface area contributed by atoms with Gasteiger partial charge in [0.1, 0.15) is 36.8 Å². The molecule has 4 N–H and O–H groups in total. The number of unbranched alkanes of at least 4 members (excludes halogenated alkanes) is 19. The minimum atomic E-state index is -4.59. The summed E-state index contributed by atoms with van der Waals surface area (Å²) in [4.78, 5) is 25.2. The Kier molecular flexibility index (Phi) is 28.6. The van der Waals surface area contributed by atoms with E-state index in [4.69, 9.17) is 18.9 Å². The molecule has 13 heteroatoms. The molecule has 1 aliphatic rings. The van der Waals surface area contributed by atoms with E-state index in [2.05, 4.69) is 26.0 Å². The van der Waals surface area contributed by atoms with Gasteiger partial charge < -0.3 is 34.3 Å². The molecule has 0 aliphatic carbocycles. The van der Waals surface area contributed by atoms with Gasteiger partial charge in [-0.25, -0.2) is 0 Å². The Morgan fingerprint density at radius 3 is 1.62 bits per heavy atom. The molecule has 1 fully saturated rings. The predicted octanol–water partition coefficient (Wildman–Crippen LogP) is 7.11. The van der Waals surface area contributed by atoms with Gasteiger partial charge in [-0.3, -0.25) is 14.1 Å². The van der Waals surface area contributed by atoms with Gasteiger partial charge in [0.25, 0.3) is 10.1 Å². The van der Waals surface area contributed by atoms with Gasteiger partial charge in [0, 0.05) is 12.8 Å². The predicted molar refractivity (Wildman–Crippen MR) is 201 cm³/mol. The van der Waals surface area contributed by atoms with Crippen LogP contribution in [0.3, 0.4) is 0 Å². The lowest BCUT2D eigenvalue weighted by Gasteiger charge is -2.40. The highest BCUT2D eigenvalue weighted by molar-refractivity contribution is 7.85. The van der Waals surface area contributed by atoms with Crippen molar-refractivity contribution in [3.63, 3.8) is 0 Å². The van der Waals surface area contributed by atoms with Crippen LogP contribution in [0, 0.1) is 0 Å². The Balaban J connectivity index is 2.51. The first-order valence-corrected chi connectivity index (χ1v) is 21.9. The number of hydrogen-bond donors (Lipinski definition) is 4. The maximum atomic E-state index is 12.7. The molecule has 0 aromatic rings. The molecule has 1 rings (SSSR count). The number of aliphatic hydroxyl groups is 3. The van der Waals surface area contributed by atoms with Crippen LogP contribution in [0.1, 0.15) is 168 Å². The van der Waals surface area contributed by atoms with E-state index in [0.29, 0.717) is 12.8 Å². The standard InChI is InChI=1S/C39H72O12S/c1-3-5-7-9-11-13-15-16-18-19-21-23-25-27-34(40)48-29-32(50-35(41)28-26-24-22-20-17-14-12-10-8-6-4-2)30-49-39-38(44)37(43)36(42)33(51-39)31-52(45,46)47/h16,18,32-33,36-39,42-44H,3-15,17,19-31H2,1-2H3,(H,45,46,47)/b18-16+/t32-,33-,36-,37?,38?,39+/m1/s1.